The molecule has 0 radical (unpaired) electrons. The molecule has 2 N–H and O–H groups in total. The zero-order valence-electron chi connectivity index (χ0n) is 16.5. The van der Waals surface area contributed by atoms with Gasteiger partial charge in [0.2, 0.25) is 0 Å². The molecule has 0 unspecified atom stereocenters. The van der Waals surface area contributed by atoms with Crippen molar-refractivity contribution in [2.75, 3.05) is 6.61 Å². The van der Waals surface area contributed by atoms with Gasteiger partial charge in [-0.25, -0.2) is 9.78 Å². The molecule has 2 aromatic heterocycles. The predicted octanol–water partition coefficient (Wildman–Crippen LogP) is 2.09. The summed E-state index contributed by atoms with van der Waals surface area (Å²) in [6, 6.07) is 8.82. The molecular weight excluding hydrogens is 372 g/mol. The first-order valence-electron chi connectivity index (χ1n) is 9.61. The number of nitrogens with zero attached hydrogens (tertiary/aromatic N) is 2. The molecule has 0 saturated heterocycles. The number of hydrogen-bond acceptors (Lipinski definition) is 5. The molecule has 8 heteroatoms. The Bertz CT molecular complexity index is 1230. The SMILES string of the molecule is CCn1c(=O)[nH]c(=O)c2c(C(=O)N[C@H]3COc4ccccc43)cc(C(C)C)nc21. The standard InChI is InChI=1S/C21H22N4O4/c1-4-25-18-17(20(27)24-21(25)28)13(9-14(22-18)11(2)3)19(26)23-15-10-29-16-8-6-5-7-12(15)16/h5-9,11,15H,4,10H2,1-3H3,(H,23,26)(H,24,27,28)/t15-/m0/s1. The molecule has 1 amide bonds. The number of rotatable bonds is 4. The molecule has 1 aliphatic heterocycles. The minimum Gasteiger partial charge on any atom is -0.491 e. The van der Waals surface area contributed by atoms with Gasteiger partial charge in [-0.2, -0.15) is 0 Å². The maximum Gasteiger partial charge on any atom is 0.329 e. The molecule has 0 fully saturated rings. The number of benzene rings is 1. The first-order valence-corrected chi connectivity index (χ1v) is 9.61. The number of ether oxygens (including phenoxy) is 1. The summed E-state index contributed by atoms with van der Waals surface area (Å²) in [5, 5.41) is 3.07. The molecule has 29 heavy (non-hydrogen) atoms. The van der Waals surface area contributed by atoms with Crippen molar-refractivity contribution in [1.29, 1.82) is 0 Å². The van der Waals surface area contributed by atoms with E-state index in [0.29, 0.717) is 18.8 Å². The Morgan fingerprint density at radius 1 is 1.34 bits per heavy atom. The van der Waals surface area contributed by atoms with Crippen molar-refractivity contribution in [3.05, 3.63) is 68.0 Å². The van der Waals surface area contributed by atoms with Gasteiger partial charge in [0, 0.05) is 17.8 Å². The lowest BCUT2D eigenvalue weighted by molar-refractivity contribution is 0.0931. The highest BCUT2D eigenvalue weighted by atomic mass is 16.5. The highest BCUT2D eigenvalue weighted by Gasteiger charge is 2.27. The first-order chi connectivity index (χ1) is 13.9. The van der Waals surface area contributed by atoms with Crippen LogP contribution >= 0.6 is 0 Å². The van der Waals surface area contributed by atoms with E-state index in [1.165, 1.54) is 4.57 Å². The van der Waals surface area contributed by atoms with E-state index in [1.54, 1.807) is 13.0 Å². The number of aromatic amines is 1. The summed E-state index contributed by atoms with van der Waals surface area (Å²) in [6.45, 7) is 6.32. The molecule has 3 heterocycles. The molecule has 3 aromatic rings. The average Bonchev–Trinajstić information content (AvgIpc) is 3.10. The third-order valence-electron chi connectivity index (χ3n) is 5.13. The minimum absolute atomic E-state index is 0.0150. The second kappa shape index (κ2) is 7.20. The lowest BCUT2D eigenvalue weighted by Crippen LogP contribution is -2.34. The Kier molecular flexibility index (Phi) is 4.70. The van der Waals surface area contributed by atoms with Crippen LogP contribution < -0.4 is 21.3 Å². The minimum atomic E-state index is -0.620. The number of aryl methyl sites for hydroxylation is 1. The molecule has 0 bridgehead atoms. The fourth-order valence-corrected chi connectivity index (χ4v) is 3.58. The molecule has 8 nitrogen and oxygen atoms in total. The summed E-state index contributed by atoms with van der Waals surface area (Å²) in [4.78, 5) is 44.8. The number of hydrogen-bond donors (Lipinski definition) is 2. The van der Waals surface area contributed by atoms with E-state index in [0.717, 1.165) is 11.3 Å². The van der Waals surface area contributed by atoms with Gasteiger partial charge in [0.1, 0.15) is 12.4 Å². The fraction of sp³-hybridized carbons (Fsp3) is 0.333. The number of carbonyl (C=O) groups is 1. The van der Waals surface area contributed by atoms with Gasteiger partial charge in [0.05, 0.1) is 17.0 Å². The van der Waals surface area contributed by atoms with Gasteiger partial charge in [-0.05, 0) is 25.0 Å². The molecule has 150 valence electrons. The van der Waals surface area contributed by atoms with Crippen LogP contribution in [-0.2, 0) is 6.54 Å². The van der Waals surface area contributed by atoms with E-state index in [2.05, 4.69) is 15.3 Å². The molecular formula is C21H22N4O4. The lowest BCUT2D eigenvalue weighted by atomic mass is 10.0. The maximum atomic E-state index is 13.2. The largest absolute Gasteiger partial charge is 0.491 e. The van der Waals surface area contributed by atoms with Crippen molar-refractivity contribution in [3.8, 4) is 5.75 Å². The Balaban J connectivity index is 1.85. The maximum absolute atomic E-state index is 13.2. The van der Waals surface area contributed by atoms with Crippen LogP contribution in [0.1, 0.15) is 54.3 Å². The zero-order valence-corrected chi connectivity index (χ0v) is 16.5. The number of pyridine rings is 1. The van der Waals surface area contributed by atoms with Crippen LogP contribution in [0, 0.1) is 0 Å². The van der Waals surface area contributed by atoms with E-state index in [-0.39, 0.29) is 28.6 Å². The smallest absolute Gasteiger partial charge is 0.329 e. The fourth-order valence-electron chi connectivity index (χ4n) is 3.58. The van der Waals surface area contributed by atoms with Crippen LogP contribution in [0.4, 0.5) is 0 Å². The summed E-state index contributed by atoms with van der Waals surface area (Å²) in [7, 11) is 0. The normalized spacial score (nSPS) is 15.4. The second-order valence-corrected chi connectivity index (χ2v) is 7.33. The van der Waals surface area contributed by atoms with Crippen molar-refractivity contribution in [3.63, 3.8) is 0 Å². The number of fused-ring (bicyclic) bond motifs is 2. The van der Waals surface area contributed by atoms with Crippen LogP contribution in [0.2, 0.25) is 0 Å². The van der Waals surface area contributed by atoms with Crippen molar-refractivity contribution < 1.29 is 9.53 Å². The van der Waals surface area contributed by atoms with Crippen molar-refractivity contribution >= 4 is 16.9 Å². The van der Waals surface area contributed by atoms with Gasteiger partial charge in [0.25, 0.3) is 11.5 Å². The number of nitrogens with one attached hydrogen (secondary N) is 2. The average molecular weight is 394 g/mol. The Morgan fingerprint density at radius 3 is 2.83 bits per heavy atom. The van der Waals surface area contributed by atoms with Crippen molar-refractivity contribution in [2.45, 2.75) is 39.3 Å². The van der Waals surface area contributed by atoms with Gasteiger partial charge >= 0.3 is 5.69 Å². The van der Waals surface area contributed by atoms with E-state index >= 15 is 0 Å². The van der Waals surface area contributed by atoms with Crippen molar-refractivity contribution in [1.82, 2.24) is 19.9 Å². The lowest BCUT2D eigenvalue weighted by Gasteiger charge is -2.16. The van der Waals surface area contributed by atoms with Gasteiger partial charge in [-0.3, -0.25) is 19.1 Å². The number of para-hydroxylation sites is 1. The third kappa shape index (κ3) is 3.20. The number of H-pyrrole nitrogens is 1. The number of aromatic nitrogens is 3. The Hall–Kier alpha value is -3.42. The van der Waals surface area contributed by atoms with E-state index < -0.39 is 17.2 Å². The summed E-state index contributed by atoms with van der Waals surface area (Å²) in [5.74, 6) is 0.343. The molecule has 0 saturated carbocycles. The van der Waals surface area contributed by atoms with E-state index in [9.17, 15) is 14.4 Å². The van der Waals surface area contributed by atoms with Gasteiger partial charge in [0.15, 0.2) is 5.65 Å². The van der Waals surface area contributed by atoms with Crippen LogP contribution in [-0.4, -0.2) is 27.0 Å². The van der Waals surface area contributed by atoms with Crippen LogP contribution in [0.3, 0.4) is 0 Å². The highest BCUT2D eigenvalue weighted by Crippen LogP contribution is 2.32. The monoisotopic (exact) mass is 394 g/mol. The summed E-state index contributed by atoms with van der Waals surface area (Å²) in [5.41, 5.74) is 0.793. The third-order valence-corrected chi connectivity index (χ3v) is 5.13. The summed E-state index contributed by atoms with van der Waals surface area (Å²) >= 11 is 0. The summed E-state index contributed by atoms with van der Waals surface area (Å²) in [6.07, 6.45) is 0. The zero-order chi connectivity index (χ0) is 20.7. The highest BCUT2D eigenvalue weighted by molar-refractivity contribution is 6.05. The Labute approximate surface area is 166 Å². The molecule has 0 spiro atoms. The van der Waals surface area contributed by atoms with Crippen LogP contribution in [0.25, 0.3) is 11.0 Å². The molecule has 1 aliphatic rings. The number of amides is 1. The van der Waals surface area contributed by atoms with Gasteiger partial charge in [-0.15, -0.1) is 0 Å². The molecule has 1 aromatic carbocycles. The van der Waals surface area contributed by atoms with E-state index in [1.807, 2.05) is 38.1 Å². The van der Waals surface area contributed by atoms with Gasteiger partial charge in [-0.1, -0.05) is 32.0 Å². The van der Waals surface area contributed by atoms with Crippen LogP contribution in [0.5, 0.6) is 5.75 Å². The second-order valence-electron chi connectivity index (χ2n) is 7.33. The predicted molar refractivity (Wildman–Crippen MR) is 109 cm³/mol. The molecule has 1 atom stereocenters. The van der Waals surface area contributed by atoms with E-state index in [4.69, 9.17) is 4.74 Å². The van der Waals surface area contributed by atoms with Crippen LogP contribution in [0.15, 0.2) is 39.9 Å². The first kappa shape index (κ1) is 18.9. The number of carbonyl (C=O) groups excluding carboxylic acids is 1. The topological polar surface area (TPSA) is 106 Å². The van der Waals surface area contributed by atoms with Gasteiger partial charge < -0.3 is 10.1 Å². The summed E-state index contributed by atoms with van der Waals surface area (Å²) < 4.78 is 7.00. The van der Waals surface area contributed by atoms with Crippen molar-refractivity contribution in [2.24, 2.45) is 0 Å². The molecule has 4 rings (SSSR count). The Morgan fingerprint density at radius 2 is 2.10 bits per heavy atom. The quantitative estimate of drug-likeness (QED) is 0.705. The molecule has 0 aliphatic carbocycles.